The minimum Gasteiger partial charge on any atom is -0.507 e. The van der Waals surface area contributed by atoms with Crippen LogP contribution in [-0.4, -0.2) is 29.3 Å². The van der Waals surface area contributed by atoms with Crippen LogP contribution < -0.4 is 0 Å². The van der Waals surface area contributed by atoms with Crippen LogP contribution in [0.1, 0.15) is 11.1 Å². The van der Waals surface area contributed by atoms with E-state index < -0.39 is 0 Å². The fourth-order valence-corrected chi connectivity index (χ4v) is 1.52. The second-order valence-electron chi connectivity index (χ2n) is 3.88. The average molecular weight is 254 g/mol. The van der Waals surface area contributed by atoms with Gasteiger partial charge in [0.15, 0.2) is 0 Å². The van der Waals surface area contributed by atoms with Crippen LogP contribution in [0.4, 0.5) is 0 Å². The zero-order valence-electron chi connectivity index (χ0n) is 10.3. The Morgan fingerprint density at radius 2 is 1.16 bits per heavy atom. The van der Waals surface area contributed by atoms with Crippen molar-refractivity contribution in [3.63, 3.8) is 0 Å². The normalized spacial score (nSPS) is 11.4. The molecule has 0 atom stereocenters. The van der Waals surface area contributed by atoms with Crippen LogP contribution in [0.2, 0.25) is 0 Å². The molecule has 0 aliphatic rings. The van der Waals surface area contributed by atoms with Gasteiger partial charge in [0.05, 0.1) is 0 Å². The SMILES string of the molecule is Oc1ccccc1C=NCN=Cc1ccccc1O. The van der Waals surface area contributed by atoms with Gasteiger partial charge >= 0.3 is 0 Å². The predicted octanol–water partition coefficient (Wildman–Crippen LogP) is 2.59. The van der Waals surface area contributed by atoms with Gasteiger partial charge in [0, 0.05) is 23.6 Å². The highest BCUT2D eigenvalue weighted by molar-refractivity contribution is 5.84. The summed E-state index contributed by atoms with van der Waals surface area (Å²) in [5.74, 6) is 0.381. The zero-order chi connectivity index (χ0) is 13.5. The van der Waals surface area contributed by atoms with Gasteiger partial charge in [0.1, 0.15) is 18.2 Å². The molecule has 0 unspecified atom stereocenters. The van der Waals surface area contributed by atoms with Gasteiger partial charge in [0.2, 0.25) is 0 Å². The number of phenolic OH excluding ortho intramolecular Hbond substituents is 2. The fraction of sp³-hybridized carbons (Fsp3) is 0.0667. The maximum atomic E-state index is 9.52. The van der Waals surface area contributed by atoms with E-state index in [4.69, 9.17) is 0 Å². The molecule has 0 saturated carbocycles. The Hall–Kier alpha value is -2.62. The Labute approximate surface area is 111 Å². The summed E-state index contributed by atoms with van der Waals surface area (Å²) >= 11 is 0. The molecule has 0 aliphatic carbocycles. The molecule has 19 heavy (non-hydrogen) atoms. The van der Waals surface area contributed by atoms with Gasteiger partial charge in [-0.25, -0.2) is 0 Å². The second kappa shape index (κ2) is 6.35. The Morgan fingerprint density at radius 1 is 0.737 bits per heavy atom. The van der Waals surface area contributed by atoms with Gasteiger partial charge in [-0.15, -0.1) is 0 Å². The highest BCUT2D eigenvalue weighted by Gasteiger charge is 1.94. The molecule has 0 heterocycles. The van der Waals surface area contributed by atoms with Crippen LogP contribution in [0.15, 0.2) is 58.5 Å². The summed E-state index contributed by atoms with van der Waals surface area (Å²) in [7, 11) is 0. The highest BCUT2D eigenvalue weighted by atomic mass is 16.3. The summed E-state index contributed by atoms with van der Waals surface area (Å²) in [6.45, 7) is 0.239. The number of nitrogens with zero attached hydrogens (tertiary/aromatic N) is 2. The van der Waals surface area contributed by atoms with Crippen LogP contribution >= 0.6 is 0 Å². The first-order valence-corrected chi connectivity index (χ1v) is 5.83. The Morgan fingerprint density at radius 3 is 1.58 bits per heavy atom. The molecule has 2 rings (SSSR count). The number of hydrogen-bond acceptors (Lipinski definition) is 4. The number of aliphatic imine (C=N–C) groups is 2. The predicted molar refractivity (Wildman–Crippen MR) is 76.3 cm³/mol. The van der Waals surface area contributed by atoms with Crippen LogP contribution in [0.25, 0.3) is 0 Å². The lowest BCUT2D eigenvalue weighted by Gasteiger charge is -1.96. The van der Waals surface area contributed by atoms with Crippen molar-refractivity contribution < 1.29 is 10.2 Å². The highest BCUT2D eigenvalue weighted by Crippen LogP contribution is 2.13. The lowest BCUT2D eigenvalue weighted by atomic mass is 10.2. The monoisotopic (exact) mass is 254 g/mol. The third-order valence-corrected chi connectivity index (χ3v) is 2.50. The lowest BCUT2D eigenvalue weighted by molar-refractivity contribution is 0.474. The molecule has 0 fully saturated rings. The molecule has 0 aromatic heterocycles. The third-order valence-electron chi connectivity index (χ3n) is 2.50. The third kappa shape index (κ3) is 3.67. The molecular formula is C15H14N2O2. The standard InChI is InChI=1S/C15H14N2O2/c18-14-7-3-1-5-12(14)9-16-11-17-10-13-6-2-4-8-15(13)19/h1-10,18-19H,11H2. The van der Waals surface area contributed by atoms with Crippen molar-refractivity contribution in [2.75, 3.05) is 6.67 Å². The van der Waals surface area contributed by atoms with E-state index in [1.165, 1.54) is 0 Å². The quantitative estimate of drug-likeness (QED) is 0.824. The molecule has 0 saturated heterocycles. The topological polar surface area (TPSA) is 65.2 Å². The maximum Gasteiger partial charge on any atom is 0.129 e. The van der Waals surface area contributed by atoms with Gasteiger partial charge in [-0.1, -0.05) is 24.3 Å². The minimum atomic E-state index is 0.191. The van der Waals surface area contributed by atoms with Crippen molar-refractivity contribution >= 4 is 12.4 Å². The zero-order valence-corrected chi connectivity index (χ0v) is 10.3. The summed E-state index contributed by atoms with van der Waals surface area (Å²) in [4.78, 5) is 8.17. The van der Waals surface area contributed by atoms with E-state index in [0.29, 0.717) is 11.1 Å². The van der Waals surface area contributed by atoms with Crippen LogP contribution in [0.3, 0.4) is 0 Å². The van der Waals surface area contributed by atoms with E-state index in [2.05, 4.69) is 9.98 Å². The Kier molecular flexibility index (Phi) is 4.29. The summed E-state index contributed by atoms with van der Waals surface area (Å²) < 4.78 is 0. The maximum absolute atomic E-state index is 9.52. The number of phenols is 2. The van der Waals surface area contributed by atoms with E-state index in [1.807, 2.05) is 12.1 Å². The van der Waals surface area contributed by atoms with Gasteiger partial charge in [-0.2, -0.15) is 0 Å². The average Bonchev–Trinajstić information content (AvgIpc) is 2.42. The molecule has 2 aromatic rings. The summed E-state index contributed by atoms with van der Waals surface area (Å²) in [6.07, 6.45) is 3.13. The van der Waals surface area contributed by atoms with Crippen LogP contribution in [-0.2, 0) is 0 Å². The first-order chi connectivity index (χ1) is 9.27. The molecule has 0 spiro atoms. The number of aromatic hydroxyl groups is 2. The van der Waals surface area contributed by atoms with Crippen molar-refractivity contribution in [2.45, 2.75) is 0 Å². The number of para-hydroxylation sites is 2. The molecule has 2 N–H and O–H groups in total. The number of rotatable bonds is 4. The van der Waals surface area contributed by atoms with E-state index in [9.17, 15) is 10.2 Å². The molecular weight excluding hydrogens is 240 g/mol. The number of benzene rings is 2. The molecule has 4 heteroatoms. The van der Waals surface area contributed by atoms with Crippen LogP contribution in [0.5, 0.6) is 11.5 Å². The summed E-state index contributed by atoms with van der Waals surface area (Å²) in [6, 6.07) is 13.9. The minimum absolute atomic E-state index is 0.191. The van der Waals surface area contributed by atoms with Gasteiger partial charge in [-0.3, -0.25) is 9.98 Å². The molecule has 0 radical (unpaired) electrons. The molecule has 0 amide bonds. The van der Waals surface area contributed by atoms with Gasteiger partial charge in [-0.05, 0) is 24.3 Å². The Balaban J connectivity index is 1.94. The molecule has 4 nitrogen and oxygen atoms in total. The van der Waals surface area contributed by atoms with E-state index in [1.54, 1.807) is 48.8 Å². The van der Waals surface area contributed by atoms with Crippen molar-refractivity contribution in [3.8, 4) is 11.5 Å². The first-order valence-electron chi connectivity index (χ1n) is 5.83. The van der Waals surface area contributed by atoms with Crippen molar-refractivity contribution in [3.05, 3.63) is 59.7 Å². The molecule has 0 aliphatic heterocycles. The first kappa shape index (κ1) is 12.8. The van der Waals surface area contributed by atoms with Gasteiger partial charge < -0.3 is 10.2 Å². The molecule has 0 bridgehead atoms. The van der Waals surface area contributed by atoms with E-state index in [0.717, 1.165) is 0 Å². The van der Waals surface area contributed by atoms with Crippen molar-refractivity contribution in [1.82, 2.24) is 0 Å². The fourth-order valence-electron chi connectivity index (χ4n) is 1.52. The molecule has 96 valence electrons. The summed E-state index contributed by atoms with van der Waals surface area (Å²) in [5.41, 5.74) is 1.31. The largest absolute Gasteiger partial charge is 0.507 e. The van der Waals surface area contributed by atoms with Crippen molar-refractivity contribution in [2.24, 2.45) is 9.98 Å². The van der Waals surface area contributed by atoms with Crippen LogP contribution in [0, 0.1) is 0 Å². The lowest BCUT2D eigenvalue weighted by Crippen LogP contribution is -1.85. The number of hydrogen-bond donors (Lipinski definition) is 2. The molecule has 2 aromatic carbocycles. The second-order valence-corrected chi connectivity index (χ2v) is 3.88. The summed E-state index contributed by atoms with van der Waals surface area (Å²) in [5, 5.41) is 19.0. The smallest absolute Gasteiger partial charge is 0.129 e. The van der Waals surface area contributed by atoms with Gasteiger partial charge in [0.25, 0.3) is 0 Å². The van der Waals surface area contributed by atoms with Crippen molar-refractivity contribution in [1.29, 1.82) is 0 Å². The van der Waals surface area contributed by atoms with E-state index in [-0.39, 0.29) is 18.2 Å². The van der Waals surface area contributed by atoms with E-state index >= 15 is 0 Å². The Bertz CT molecular complexity index is 553.